The van der Waals surface area contributed by atoms with E-state index in [1.54, 1.807) is 6.92 Å². The third-order valence-corrected chi connectivity index (χ3v) is 2.70. The van der Waals surface area contributed by atoms with Crippen LogP contribution in [0.5, 0.6) is 0 Å². The van der Waals surface area contributed by atoms with Gasteiger partial charge in [-0.3, -0.25) is 10.3 Å². The Morgan fingerprint density at radius 3 is 2.83 bits per heavy atom. The lowest BCUT2D eigenvalue weighted by Gasteiger charge is -1.95. The van der Waals surface area contributed by atoms with Crippen molar-refractivity contribution in [2.45, 2.75) is 26.4 Å². The summed E-state index contributed by atoms with van der Waals surface area (Å²) in [4.78, 5) is 4.91. The average Bonchev–Trinajstić information content (AvgIpc) is 2.35. The maximum atomic E-state index is 11.0. The number of amidine groups is 1. The molecule has 0 spiro atoms. The molecule has 5 nitrogen and oxygen atoms in total. The first-order chi connectivity index (χ1) is 5.53. The smallest absolute Gasteiger partial charge is 0.254 e. The quantitative estimate of drug-likeness (QED) is 0.671. The van der Waals surface area contributed by atoms with Crippen LogP contribution in [0.2, 0.25) is 0 Å². The van der Waals surface area contributed by atoms with Crippen LogP contribution in [0.3, 0.4) is 0 Å². The number of hydrogen-bond donors (Lipinski definition) is 1. The number of hydroxylamine groups is 1. The van der Waals surface area contributed by atoms with Gasteiger partial charge in [0.1, 0.15) is 5.84 Å². The zero-order valence-corrected chi connectivity index (χ0v) is 7.89. The first kappa shape index (κ1) is 9.47. The first-order valence-electron chi connectivity index (χ1n) is 3.76. The van der Waals surface area contributed by atoms with Crippen molar-refractivity contribution in [2.75, 3.05) is 5.75 Å². The highest BCUT2D eigenvalue weighted by Gasteiger charge is 2.18. The third kappa shape index (κ3) is 2.46. The van der Waals surface area contributed by atoms with Crippen LogP contribution >= 0.6 is 0 Å². The van der Waals surface area contributed by atoms with Gasteiger partial charge in [-0.2, -0.15) is 0 Å². The first-order valence-corrected chi connectivity index (χ1v) is 5.37. The molecule has 0 aromatic heterocycles. The number of hydrogen-bond acceptors (Lipinski definition) is 3. The topological polar surface area (TPSA) is 67.8 Å². The maximum absolute atomic E-state index is 11.0. The van der Waals surface area contributed by atoms with Crippen molar-refractivity contribution in [2.24, 2.45) is 4.40 Å². The van der Waals surface area contributed by atoms with Crippen molar-refractivity contribution >= 4 is 15.9 Å². The van der Waals surface area contributed by atoms with Crippen molar-refractivity contribution < 1.29 is 13.3 Å². The number of nitrogens with one attached hydrogen (secondary N) is 1. The van der Waals surface area contributed by atoms with Crippen molar-refractivity contribution in [3.05, 3.63) is 0 Å². The molecule has 1 aliphatic rings. The molecular formula is C6H12N2O3S. The molecular weight excluding hydrogens is 180 g/mol. The van der Waals surface area contributed by atoms with E-state index < -0.39 is 10.0 Å². The highest BCUT2D eigenvalue weighted by atomic mass is 32.2. The molecule has 0 aliphatic carbocycles. The van der Waals surface area contributed by atoms with Crippen molar-refractivity contribution in [1.29, 1.82) is 0 Å². The van der Waals surface area contributed by atoms with Crippen molar-refractivity contribution in [1.82, 2.24) is 5.48 Å². The van der Waals surface area contributed by atoms with E-state index in [2.05, 4.69) is 9.88 Å². The lowest BCUT2D eigenvalue weighted by atomic mass is 10.3. The molecule has 1 unspecified atom stereocenters. The molecule has 0 aromatic carbocycles. The average molecular weight is 192 g/mol. The van der Waals surface area contributed by atoms with Gasteiger partial charge in [-0.15, -0.1) is 4.40 Å². The highest BCUT2D eigenvalue weighted by molar-refractivity contribution is 7.90. The van der Waals surface area contributed by atoms with Gasteiger partial charge in [0.25, 0.3) is 10.0 Å². The van der Waals surface area contributed by atoms with Gasteiger partial charge in [0.15, 0.2) is 0 Å². The van der Waals surface area contributed by atoms with Gasteiger partial charge in [-0.05, 0) is 13.8 Å². The van der Waals surface area contributed by atoms with Crippen LogP contribution in [0.15, 0.2) is 4.40 Å². The molecule has 1 rings (SSSR count). The Morgan fingerprint density at radius 2 is 2.42 bits per heavy atom. The van der Waals surface area contributed by atoms with Crippen LogP contribution in [0, 0.1) is 0 Å². The Morgan fingerprint density at radius 1 is 1.75 bits per heavy atom. The summed E-state index contributed by atoms with van der Waals surface area (Å²) in [5.41, 5.74) is 2.47. The van der Waals surface area contributed by atoms with E-state index in [9.17, 15) is 8.42 Å². The summed E-state index contributed by atoms with van der Waals surface area (Å²) in [6.07, 6.45) is 0.523. The summed E-state index contributed by atoms with van der Waals surface area (Å²) in [5, 5.41) is 0. The Balaban J connectivity index is 2.71. The molecule has 0 aromatic rings. The molecule has 1 heterocycles. The molecule has 6 heteroatoms. The standard InChI is InChI=1S/C6H12N2O3S/c1-3-12(9,10)8-6-4-5(2)11-7-6/h5H,3-4H2,1-2H3,(H,7,8). The van der Waals surface area contributed by atoms with E-state index in [4.69, 9.17) is 4.84 Å². The van der Waals surface area contributed by atoms with Crippen LogP contribution in [0.4, 0.5) is 0 Å². The fourth-order valence-corrected chi connectivity index (χ4v) is 1.39. The summed E-state index contributed by atoms with van der Waals surface area (Å²) in [6, 6.07) is 0. The molecule has 0 saturated carbocycles. The zero-order chi connectivity index (χ0) is 9.19. The molecule has 1 saturated heterocycles. The molecule has 12 heavy (non-hydrogen) atoms. The highest BCUT2D eigenvalue weighted by Crippen LogP contribution is 2.06. The largest absolute Gasteiger partial charge is 0.271 e. The Bertz CT molecular complexity index is 283. The minimum atomic E-state index is -3.28. The van der Waals surface area contributed by atoms with Crippen LogP contribution < -0.4 is 5.48 Å². The second-order valence-corrected chi connectivity index (χ2v) is 4.57. The van der Waals surface area contributed by atoms with E-state index >= 15 is 0 Å². The minimum Gasteiger partial charge on any atom is -0.271 e. The van der Waals surface area contributed by atoms with E-state index in [-0.39, 0.29) is 11.9 Å². The summed E-state index contributed by atoms with van der Waals surface area (Å²) in [7, 11) is -3.28. The second-order valence-electron chi connectivity index (χ2n) is 2.64. The van der Waals surface area contributed by atoms with Crippen LogP contribution in [-0.2, 0) is 14.9 Å². The molecule has 1 fully saturated rings. The van der Waals surface area contributed by atoms with E-state index in [1.165, 1.54) is 0 Å². The van der Waals surface area contributed by atoms with Gasteiger partial charge in [-0.25, -0.2) is 8.42 Å². The summed E-state index contributed by atoms with van der Waals surface area (Å²) in [6.45, 7) is 3.40. The molecule has 1 atom stereocenters. The second kappa shape index (κ2) is 3.40. The Labute approximate surface area is 71.8 Å². The Hall–Kier alpha value is -0.620. The van der Waals surface area contributed by atoms with E-state index in [1.807, 2.05) is 6.92 Å². The van der Waals surface area contributed by atoms with Crippen LogP contribution in [0.25, 0.3) is 0 Å². The fraction of sp³-hybridized carbons (Fsp3) is 0.833. The summed E-state index contributed by atoms with van der Waals surface area (Å²) in [5.74, 6) is 0.413. The van der Waals surface area contributed by atoms with Gasteiger partial charge in [0, 0.05) is 6.42 Å². The van der Waals surface area contributed by atoms with Gasteiger partial charge in [-0.1, -0.05) is 0 Å². The monoisotopic (exact) mass is 192 g/mol. The zero-order valence-electron chi connectivity index (χ0n) is 7.07. The molecule has 70 valence electrons. The van der Waals surface area contributed by atoms with Gasteiger partial charge >= 0.3 is 0 Å². The molecule has 1 aliphatic heterocycles. The lowest BCUT2D eigenvalue weighted by Crippen LogP contribution is -2.15. The van der Waals surface area contributed by atoms with E-state index in [0.717, 1.165) is 0 Å². The third-order valence-electron chi connectivity index (χ3n) is 1.47. The van der Waals surface area contributed by atoms with Crippen molar-refractivity contribution in [3.8, 4) is 0 Å². The van der Waals surface area contributed by atoms with Gasteiger partial charge < -0.3 is 0 Å². The maximum Gasteiger partial charge on any atom is 0.254 e. The van der Waals surface area contributed by atoms with E-state index in [0.29, 0.717) is 12.3 Å². The Kier molecular flexibility index (Phi) is 2.69. The molecule has 0 bridgehead atoms. The molecule has 0 amide bonds. The summed E-state index contributed by atoms with van der Waals surface area (Å²) < 4.78 is 25.5. The predicted octanol–water partition coefficient (Wildman–Crippen LogP) is 0.0480. The van der Waals surface area contributed by atoms with Crippen molar-refractivity contribution in [3.63, 3.8) is 0 Å². The van der Waals surface area contributed by atoms with Gasteiger partial charge in [0.05, 0.1) is 11.9 Å². The molecule has 1 N–H and O–H groups in total. The van der Waals surface area contributed by atoms with Gasteiger partial charge in [0.2, 0.25) is 0 Å². The number of sulfonamides is 1. The SMILES string of the molecule is CCS(=O)(=O)/N=C1/CC(C)ON1. The number of rotatable bonds is 2. The normalized spacial score (nSPS) is 27.5. The molecule has 0 radical (unpaired) electrons. The van der Waals surface area contributed by atoms with Crippen LogP contribution in [-0.4, -0.2) is 26.1 Å². The number of nitrogens with zero attached hydrogens (tertiary/aromatic N) is 1. The summed E-state index contributed by atoms with van der Waals surface area (Å²) >= 11 is 0. The minimum absolute atomic E-state index is 0.00388. The van der Waals surface area contributed by atoms with Crippen LogP contribution in [0.1, 0.15) is 20.3 Å². The predicted molar refractivity (Wildman–Crippen MR) is 45.2 cm³/mol. The fourth-order valence-electron chi connectivity index (χ4n) is 0.813. The lowest BCUT2D eigenvalue weighted by molar-refractivity contribution is 0.0575.